The first kappa shape index (κ1) is 44.0. The predicted molar refractivity (Wildman–Crippen MR) is 303 cm³/mol. The van der Waals surface area contributed by atoms with Gasteiger partial charge in [-0.05, 0) is 132 Å². The molecule has 0 radical (unpaired) electrons. The zero-order valence-electron chi connectivity index (χ0n) is 41.4. The Morgan fingerprint density at radius 3 is 1.06 bits per heavy atom. The molecule has 4 heteroatoms. The third kappa shape index (κ3) is 8.04. The summed E-state index contributed by atoms with van der Waals surface area (Å²) >= 11 is 0. The molecule has 0 fully saturated rings. The third-order valence-corrected chi connectivity index (χ3v) is 14.6. The third-order valence-electron chi connectivity index (χ3n) is 14.6. The van der Waals surface area contributed by atoms with E-state index in [9.17, 15) is 0 Å². The summed E-state index contributed by atoms with van der Waals surface area (Å²) < 4.78 is 0. The normalized spacial score (nSPS) is 12.8. The molecule has 0 atom stereocenters. The molecule has 0 saturated heterocycles. The van der Waals surface area contributed by atoms with Crippen molar-refractivity contribution >= 4 is 57.2 Å². The molecule has 9 aromatic carbocycles. The van der Waals surface area contributed by atoms with Crippen molar-refractivity contribution in [3.05, 3.63) is 242 Å². The van der Waals surface area contributed by atoms with Gasteiger partial charge in [-0.1, -0.05) is 211 Å². The van der Waals surface area contributed by atoms with Crippen molar-refractivity contribution in [3.8, 4) is 55.9 Å². The summed E-state index contributed by atoms with van der Waals surface area (Å²) in [6, 6.07) is 85.0. The number of hydrogen-bond donors (Lipinski definition) is 0. The number of anilines is 6. The van der Waals surface area contributed by atoms with Crippen molar-refractivity contribution in [2.24, 2.45) is 0 Å². The highest BCUT2D eigenvalue weighted by atomic mass is 15.2. The second kappa shape index (κ2) is 17.3. The van der Waals surface area contributed by atoms with Gasteiger partial charge >= 0.3 is 0 Å². The van der Waals surface area contributed by atoms with Crippen LogP contribution in [0.3, 0.4) is 0 Å². The molecular formula is C67H56BN3. The zero-order chi connectivity index (χ0) is 48.4. The van der Waals surface area contributed by atoms with Crippen LogP contribution in [-0.2, 0) is 10.8 Å². The van der Waals surface area contributed by atoms with E-state index in [1.807, 2.05) is 0 Å². The lowest BCUT2D eigenvalue weighted by atomic mass is 9.33. The fourth-order valence-electron chi connectivity index (χ4n) is 10.7. The van der Waals surface area contributed by atoms with Gasteiger partial charge < -0.3 is 9.80 Å². The molecule has 3 nitrogen and oxygen atoms in total. The minimum atomic E-state index is -0.0738. The van der Waals surface area contributed by atoms with Crippen LogP contribution < -0.4 is 26.2 Å². The maximum atomic E-state index is 5.59. The predicted octanol–water partition coefficient (Wildman–Crippen LogP) is 16.1. The Hall–Kier alpha value is -8.21. The summed E-state index contributed by atoms with van der Waals surface area (Å²) in [6.07, 6.45) is 0. The quantitative estimate of drug-likeness (QED) is 0.149. The van der Waals surface area contributed by atoms with Gasteiger partial charge in [-0.2, -0.15) is 0 Å². The maximum Gasteiger partial charge on any atom is 0.252 e. The molecule has 1 aromatic heterocycles. The topological polar surface area (TPSA) is 19.4 Å². The first-order chi connectivity index (χ1) is 34.5. The average Bonchev–Trinajstić information content (AvgIpc) is 3.41. The molecule has 71 heavy (non-hydrogen) atoms. The molecular weight excluding hydrogens is 858 g/mol. The molecule has 0 amide bonds. The lowest BCUT2D eigenvalue weighted by molar-refractivity contribution is 0.590. The van der Waals surface area contributed by atoms with E-state index in [1.165, 1.54) is 61.1 Å². The van der Waals surface area contributed by atoms with Gasteiger partial charge in [-0.25, -0.2) is 4.98 Å². The van der Waals surface area contributed by atoms with Crippen molar-refractivity contribution < 1.29 is 0 Å². The first-order valence-electron chi connectivity index (χ1n) is 25.0. The molecule has 3 heterocycles. The summed E-state index contributed by atoms with van der Waals surface area (Å²) in [5.74, 6) is 0. The van der Waals surface area contributed by atoms with Gasteiger partial charge in [-0.3, -0.25) is 0 Å². The summed E-state index contributed by atoms with van der Waals surface area (Å²) in [7, 11) is 0. The number of rotatable bonds is 7. The van der Waals surface area contributed by atoms with E-state index in [2.05, 4.69) is 282 Å². The summed E-state index contributed by atoms with van der Waals surface area (Å²) in [5.41, 5.74) is 24.3. The van der Waals surface area contributed by atoms with Gasteiger partial charge in [0.15, 0.2) is 0 Å². The van der Waals surface area contributed by atoms with E-state index >= 15 is 0 Å². The highest BCUT2D eigenvalue weighted by Gasteiger charge is 2.44. The smallest absolute Gasteiger partial charge is 0.252 e. The number of nitrogens with zero attached hydrogens (tertiary/aromatic N) is 3. The van der Waals surface area contributed by atoms with E-state index in [-0.39, 0.29) is 17.5 Å². The lowest BCUT2D eigenvalue weighted by Crippen LogP contribution is -2.61. The molecule has 2 aliphatic heterocycles. The summed E-state index contributed by atoms with van der Waals surface area (Å²) in [4.78, 5) is 10.7. The Morgan fingerprint density at radius 1 is 0.310 bits per heavy atom. The number of fused-ring (bicyclic) bond motifs is 4. The zero-order valence-corrected chi connectivity index (χ0v) is 41.4. The van der Waals surface area contributed by atoms with E-state index in [0.29, 0.717) is 0 Å². The van der Waals surface area contributed by atoms with Crippen molar-refractivity contribution in [1.82, 2.24) is 4.98 Å². The Morgan fingerprint density at radius 2 is 0.662 bits per heavy atom. The van der Waals surface area contributed by atoms with Gasteiger partial charge in [0, 0.05) is 45.3 Å². The lowest BCUT2D eigenvalue weighted by Gasteiger charge is -2.45. The summed E-state index contributed by atoms with van der Waals surface area (Å²) in [5, 5.41) is 0. The van der Waals surface area contributed by atoms with Crippen LogP contribution in [0.4, 0.5) is 34.1 Å². The molecule has 0 N–H and O–H groups in total. The van der Waals surface area contributed by atoms with Crippen LogP contribution in [0.15, 0.2) is 231 Å². The molecule has 0 unspecified atom stereocenters. The number of benzene rings is 9. The van der Waals surface area contributed by atoms with Crippen LogP contribution in [0.2, 0.25) is 0 Å². The molecule has 0 bridgehead atoms. The van der Waals surface area contributed by atoms with E-state index in [1.54, 1.807) is 0 Å². The summed E-state index contributed by atoms with van der Waals surface area (Å²) in [6.45, 7) is 13.9. The molecule has 2 aliphatic rings. The van der Waals surface area contributed by atoms with Crippen LogP contribution in [-0.4, -0.2) is 11.7 Å². The van der Waals surface area contributed by atoms with E-state index in [0.717, 1.165) is 56.4 Å². The van der Waals surface area contributed by atoms with Crippen molar-refractivity contribution in [3.63, 3.8) is 0 Å². The van der Waals surface area contributed by atoms with Crippen LogP contribution in [0.5, 0.6) is 0 Å². The Kier molecular flexibility index (Phi) is 10.7. The van der Waals surface area contributed by atoms with Crippen LogP contribution in [0, 0.1) is 0 Å². The molecule has 10 aromatic rings. The Bertz CT molecular complexity index is 3340. The minimum absolute atomic E-state index is 0.0368. The van der Waals surface area contributed by atoms with Gasteiger partial charge in [0.2, 0.25) is 0 Å². The van der Waals surface area contributed by atoms with Gasteiger partial charge in [-0.15, -0.1) is 0 Å². The molecule has 342 valence electrons. The highest BCUT2D eigenvalue weighted by molar-refractivity contribution is 7.00. The Balaban J connectivity index is 1.17. The van der Waals surface area contributed by atoms with E-state index in [4.69, 9.17) is 4.98 Å². The number of hydrogen-bond acceptors (Lipinski definition) is 3. The molecule has 0 saturated carbocycles. The molecule has 12 rings (SSSR count). The largest absolute Gasteiger partial charge is 0.311 e. The second-order valence-electron chi connectivity index (χ2n) is 21.3. The minimum Gasteiger partial charge on any atom is -0.311 e. The number of aromatic nitrogens is 1. The second-order valence-corrected chi connectivity index (χ2v) is 21.3. The standard InChI is InChI=1S/C67H56BN3/c1-66(2,3)53-31-37-57-61(43-53)70(55-33-27-48(28-34-55)45-19-11-7-12-20-45)63-41-52(60-40-51(47-23-15-9-16-24-47)39-59(69-60)50-25-17-10-18-26-50)42-64-65(63)68(57)58-38-32-54(67(4,5)6)44-62(58)71(64)56-35-29-49(30-36-56)46-21-13-8-14-22-46/h7-44H,1-6H3. The van der Waals surface area contributed by atoms with Crippen LogP contribution in [0.25, 0.3) is 55.9 Å². The first-order valence-corrected chi connectivity index (χ1v) is 25.0. The van der Waals surface area contributed by atoms with Crippen molar-refractivity contribution in [2.75, 3.05) is 9.80 Å². The Labute approximate surface area is 419 Å². The van der Waals surface area contributed by atoms with E-state index < -0.39 is 0 Å². The monoisotopic (exact) mass is 913 g/mol. The average molecular weight is 914 g/mol. The SMILES string of the molecule is CC(C)(C)c1ccc2c(c1)N(c1ccc(-c3ccccc3)cc1)c1cc(-c3cc(-c4ccccc4)cc(-c4ccccc4)n3)cc3c1B2c1ccc(C(C)(C)C)cc1N3c1ccc(-c2ccccc2)cc1. The fourth-order valence-corrected chi connectivity index (χ4v) is 10.7. The van der Waals surface area contributed by atoms with Crippen LogP contribution in [0.1, 0.15) is 52.7 Å². The molecule has 0 aliphatic carbocycles. The van der Waals surface area contributed by atoms with Gasteiger partial charge in [0.25, 0.3) is 6.71 Å². The maximum absolute atomic E-state index is 5.59. The van der Waals surface area contributed by atoms with Crippen molar-refractivity contribution in [1.29, 1.82) is 0 Å². The number of pyridine rings is 1. The molecule has 0 spiro atoms. The fraction of sp³-hybridized carbons (Fsp3) is 0.119. The van der Waals surface area contributed by atoms with Crippen LogP contribution >= 0.6 is 0 Å². The van der Waals surface area contributed by atoms with Gasteiger partial charge in [0.05, 0.1) is 11.4 Å². The highest BCUT2D eigenvalue weighted by Crippen LogP contribution is 2.48. The van der Waals surface area contributed by atoms with Gasteiger partial charge in [0.1, 0.15) is 0 Å². The van der Waals surface area contributed by atoms with Crippen molar-refractivity contribution in [2.45, 2.75) is 52.4 Å².